The molecule has 17 heteroatoms. The molecule has 84 heavy (non-hydrogen) atoms. The summed E-state index contributed by atoms with van der Waals surface area (Å²) in [5.74, 6) is 2.17. The van der Waals surface area contributed by atoms with E-state index in [1.54, 1.807) is 81.4 Å². The van der Waals surface area contributed by atoms with E-state index in [4.69, 9.17) is 23.0 Å². The number of nitrogens with zero attached hydrogens (tertiary/aromatic N) is 3. The molecule has 1 amide bonds. The second-order valence-corrected chi connectivity index (χ2v) is 26.0. The van der Waals surface area contributed by atoms with Crippen LogP contribution in [0.2, 0.25) is 0 Å². The van der Waals surface area contributed by atoms with Gasteiger partial charge < -0.3 is 27.9 Å². The first kappa shape index (κ1) is 66.2. The highest BCUT2D eigenvalue weighted by Crippen LogP contribution is 2.36. The second kappa shape index (κ2) is 31.3. The van der Waals surface area contributed by atoms with Crippen molar-refractivity contribution in [3.05, 3.63) is 155 Å². The van der Waals surface area contributed by atoms with Gasteiger partial charge in [-0.3, -0.25) is 13.9 Å². The van der Waals surface area contributed by atoms with Crippen molar-refractivity contribution in [2.75, 3.05) is 54.0 Å². The first-order chi connectivity index (χ1) is 40.1. The monoisotopic (exact) mass is 1190 g/mol. The number of ketones is 2. The van der Waals surface area contributed by atoms with Crippen LogP contribution in [0.4, 0.5) is 16.2 Å². The minimum Gasteiger partial charge on any atom is -0.494 e. The number of hydrogen-bond acceptors (Lipinski definition) is 13. The Morgan fingerprint density at radius 2 is 0.952 bits per heavy atom. The highest BCUT2D eigenvalue weighted by Gasteiger charge is 2.32. The number of benzene rings is 5. The van der Waals surface area contributed by atoms with Crippen LogP contribution in [0.5, 0.6) is 11.5 Å². The molecule has 0 spiro atoms. The molecule has 0 radical (unpaired) electrons. The number of carbonyl (C=O) groups is 3. The van der Waals surface area contributed by atoms with Gasteiger partial charge in [0.25, 0.3) is 0 Å². The minimum absolute atomic E-state index is 0.0609. The average molecular weight is 1190 g/mol. The lowest BCUT2D eigenvalue weighted by Gasteiger charge is -2.25. The van der Waals surface area contributed by atoms with Crippen molar-refractivity contribution in [3.63, 3.8) is 0 Å². The highest BCUT2D eigenvalue weighted by atomic mass is 32.2. The van der Waals surface area contributed by atoms with E-state index in [9.17, 15) is 31.2 Å². The molecule has 5 aromatic carbocycles. The molecule has 454 valence electrons. The maximum atomic E-state index is 14.1. The third kappa shape index (κ3) is 18.8. The van der Waals surface area contributed by atoms with Gasteiger partial charge in [0.2, 0.25) is 20.0 Å². The molecule has 0 aliphatic heterocycles. The van der Waals surface area contributed by atoms with Crippen LogP contribution in [0.15, 0.2) is 124 Å². The number of aryl methyl sites for hydroxylation is 2. The van der Waals surface area contributed by atoms with Crippen LogP contribution in [-0.2, 0) is 44.2 Å². The van der Waals surface area contributed by atoms with Gasteiger partial charge in [-0.05, 0) is 163 Å². The number of anilines is 2. The fourth-order valence-electron chi connectivity index (χ4n) is 9.57. The molecule has 15 nitrogen and oxygen atoms in total. The summed E-state index contributed by atoms with van der Waals surface area (Å²) in [5.41, 5.74) is 3.35. The van der Waals surface area contributed by atoms with Crippen molar-refractivity contribution in [3.8, 4) is 11.5 Å². The lowest BCUT2D eigenvalue weighted by molar-refractivity contribution is 0.0608. The van der Waals surface area contributed by atoms with E-state index in [0.717, 1.165) is 82.1 Å². The number of furan rings is 2. The lowest BCUT2D eigenvalue weighted by atomic mass is 9.98. The van der Waals surface area contributed by atoms with Gasteiger partial charge in [-0.25, -0.2) is 21.6 Å². The molecule has 7 aromatic rings. The smallest absolute Gasteiger partial charge is 0.428 e. The SMILES string of the molecule is CCCCOc1ccc(C(=O)c2c(CCCC)oc3ccc(N(C(=O)OC(C)(C)C)S(C)(=O)=O)cc23)cc1.CCCCc1oc2ccc(N(Cc3ccccc3)S(C)(=O)=O)cc2c1C(=O)c1ccc(OCCCN(CCCC)CCCC)cc1. The van der Waals surface area contributed by atoms with E-state index in [1.165, 1.54) is 48.4 Å². The van der Waals surface area contributed by atoms with Gasteiger partial charge >= 0.3 is 6.09 Å². The van der Waals surface area contributed by atoms with Gasteiger partial charge in [0, 0.05) is 41.3 Å². The maximum Gasteiger partial charge on any atom is 0.428 e. The Hall–Kier alpha value is -6.95. The number of hydrogen-bond donors (Lipinski definition) is 0. The Balaban J connectivity index is 0.000000275. The van der Waals surface area contributed by atoms with E-state index in [0.29, 0.717) is 97.5 Å². The number of ether oxygens (including phenoxy) is 3. The van der Waals surface area contributed by atoms with Gasteiger partial charge in [0.15, 0.2) is 11.6 Å². The number of unbranched alkanes of at least 4 members (excludes halogenated alkanes) is 5. The van der Waals surface area contributed by atoms with Crippen molar-refractivity contribution in [2.45, 2.75) is 151 Å². The number of amides is 1. The Kier molecular flexibility index (Phi) is 24.6. The fourth-order valence-corrected chi connectivity index (χ4v) is 11.3. The van der Waals surface area contributed by atoms with Crippen molar-refractivity contribution in [2.24, 2.45) is 0 Å². The molecule has 2 aromatic heterocycles. The fraction of sp³-hybridized carbons (Fsp3) is 0.448. The van der Waals surface area contributed by atoms with Gasteiger partial charge in [0.05, 0.1) is 54.8 Å². The molecule has 0 unspecified atom stereocenters. The standard InChI is InChI=1S/C38H50N2O5S.C29H37NO7S/c1-5-8-17-36-37(34-28-32(20-23-35(34)45-36)40(46(4,42)43)29-30-15-12-11-13-16-30)38(41)31-18-21-33(22-19-31)44-27-14-26-39(24-9-6-2)25-10-7-3;1-7-9-11-25-26(27(31)20-12-15-22(16-13-20)35-18-10-8-2)23-19-21(14-17-24(23)36-25)30(38(6,33)34)28(32)37-29(3,4)5/h11-13,15-16,18-23,28H,5-10,14,17,24-27,29H2,1-4H3;12-17,19H,7-11,18H2,1-6H3. The number of carbonyl (C=O) groups excluding carboxylic acids is 3. The summed E-state index contributed by atoms with van der Waals surface area (Å²) in [5, 5.41) is 1.05. The first-order valence-electron chi connectivity index (χ1n) is 29.7. The van der Waals surface area contributed by atoms with Crippen molar-refractivity contribution >= 4 is 71.0 Å². The molecule has 0 saturated carbocycles. The van der Waals surface area contributed by atoms with Crippen LogP contribution in [-0.4, -0.2) is 90.4 Å². The summed E-state index contributed by atoms with van der Waals surface area (Å²) in [6.45, 7) is 20.4. The zero-order valence-electron chi connectivity index (χ0n) is 51.0. The largest absolute Gasteiger partial charge is 0.494 e. The van der Waals surface area contributed by atoms with Gasteiger partial charge in [-0.2, -0.15) is 4.31 Å². The zero-order chi connectivity index (χ0) is 61.0. The summed E-state index contributed by atoms with van der Waals surface area (Å²) in [7, 11) is -7.64. The summed E-state index contributed by atoms with van der Waals surface area (Å²) < 4.78 is 82.5. The van der Waals surface area contributed by atoms with Crippen LogP contribution in [0.1, 0.15) is 175 Å². The van der Waals surface area contributed by atoms with Gasteiger partial charge in [-0.1, -0.05) is 97.1 Å². The molecule has 0 atom stereocenters. The van der Waals surface area contributed by atoms with E-state index < -0.39 is 31.7 Å². The van der Waals surface area contributed by atoms with Crippen molar-refractivity contribution in [1.82, 2.24) is 4.90 Å². The second-order valence-electron chi connectivity index (χ2n) is 22.3. The minimum atomic E-state index is -4.04. The summed E-state index contributed by atoms with van der Waals surface area (Å²) in [6, 6.07) is 33.5. The van der Waals surface area contributed by atoms with E-state index >= 15 is 0 Å². The number of sulfonamides is 2. The van der Waals surface area contributed by atoms with E-state index in [1.807, 2.05) is 49.4 Å². The van der Waals surface area contributed by atoms with Crippen LogP contribution in [0, 0.1) is 0 Å². The van der Waals surface area contributed by atoms with Gasteiger partial charge in [-0.15, -0.1) is 0 Å². The molecule has 0 bridgehead atoms. The summed E-state index contributed by atoms with van der Waals surface area (Å²) in [4.78, 5) is 43.2. The molecule has 0 fully saturated rings. The summed E-state index contributed by atoms with van der Waals surface area (Å²) in [6.07, 6.45) is 13.6. The highest BCUT2D eigenvalue weighted by molar-refractivity contribution is 7.92. The third-order valence-electron chi connectivity index (χ3n) is 14.0. The number of fused-ring (bicyclic) bond motifs is 2. The van der Waals surface area contributed by atoms with Crippen LogP contribution in [0.25, 0.3) is 21.9 Å². The lowest BCUT2D eigenvalue weighted by Crippen LogP contribution is -2.40. The van der Waals surface area contributed by atoms with Crippen LogP contribution in [0.3, 0.4) is 0 Å². The molecule has 0 N–H and O–H groups in total. The number of rotatable bonds is 31. The maximum absolute atomic E-state index is 14.1. The topological polar surface area (TPSA) is 183 Å². The van der Waals surface area contributed by atoms with E-state index in [2.05, 4.69) is 32.6 Å². The van der Waals surface area contributed by atoms with Gasteiger partial charge in [0.1, 0.15) is 39.8 Å². The zero-order valence-corrected chi connectivity index (χ0v) is 52.6. The van der Waals surface area contributed by atoms with Crippen LogP contribution < -0.4 is 18.1 Å². The Labute approximate surface area is 498 Å². The third-order valence-corrected chi connectivity index (χ3v) is 16.1. The molecule has 2 heterocycles. The predicted octanol–water partition coefficient (Wildman–Crippen LogP) is 15.5. The quantitative estimate of drug-likeness (QED) is 0.0296. The van der Waals surface area contributed by atoms with Crippen LogP contribution >= 0.6 is 0 Å². The van der Waals surface area contributed by atoms with E-state index in [-0.39, 0.29) is 23.8 Å². The molecule has 0 saturated heterocycles. The summed E-state index contributed by atoms with van der Waals surface area (Å²) >= 11 is 0. The molecular weight excluding hydrogens is 1100 g/mol. The normalized spacial score (nSPS) is 11.8. The molecule has 0 aliphatic rings. The average Bonchev–Trinajstić information content (AvgIpc) is 2.64. The Morgan fingerprint density at radius 3 is 1.39 bits per heavy atom. The predicted molar refractivity (Wildman–Crippen MR) is 337 cm³/mol. The molecule has 7 rings (SSSR count). The Bertz CT molecular complexity index is 3470. The molecule has 0 aliphatic carbocycles. The Morgan fingerprint density at radius 1 is 0.512 bits per heavy atom. The molecular formula is C67H87N3O12S2. The van der Waals surface area contributed by atoms with Crippen molar-refractivity contribution in [1.29, 1.82) is 0 Å². The van der Waals surface area contributed by atoms with Crippen molar-refractivity contribution < 1.29 is 54.3 Å². The first-order valence-corrected chi connectivity index (χ1v) is 33.4.